The van der Waals surface area contributed by atoms with E-state index in [1.165, 1.54) is 0 Å². The van der Waals surface area contributed by atoms with Crippen molar-refractivity contribution < 1.29 is 9.32 Å². The summed E-state index contributed by atoms with van der Waals surface area (Å²) in [5, 5.41) is 7.25. The molecule has 0 saturated carbocycles. The second kappa shape index (κ2) is 7.55. The summed E-state index contributed by atoms with van der Waals surface area (Å²) >= 11 is 0. The number of anilines is 1. The Hall–Kier alpha value is -3.00. The number of rotatable bonds is 4. The second-order valence-corrected chi connectivity index (χ2v) is 7.27. The number of piperidine rings is 1. The van der Waals surface area contributed by atoms with Crippen LogP contribution in [0.2, 0.25) is 0 Å². The minimum atomic E-state index is -0.0540. The molecule has 146 valence electrons. The van der Waals surface area contributed by atoms with Crippen molar-refractivity contribution in [3.8, 4) is 0 Å². The molecule has 1 aliphatic heterocycles. The number of likely N-dealkylation sites (tertiary alicyclic amines) is 1. The molecule has 1 aromatic carbocycles. The van der Waals surface area contributed by atoms with E-state index in [9.17, 15) is 9.59 Å². The predicted octanol–water partition coefficient (Wildman–Crippen LogP) is 2.08. The van der Waals surface area contributed by atoms with Gasteiger partial charge in [-0.3, -0.25) is 19.1 Å². The van der Waals surface area contributed by atoms with Crippen molar-refractivity contribution in [1.29, 1.82) is 0 Å². The molecule has 28 heavy (non-hydrogen) atoms. The van der Waals surface area contributed by atoms with E-state index in [-0.39, 0.29) is 17.4 Å². The summed E-state index contributed by atoms with van der Waals surface area (Å²) in [6.07, 6.45) is 1.51. The van der Waals surface area contributed by atoms with Crippen molar-refractivity contribution in [2.75, 3.05) is 18.4 Å². The summed E-state index contributed by atoms with van der Waals surface area (Å²) in [5.74, 6) is 1.79. The first-order valence-electron chi connectivity index (χ1n) is 9.42. The Morgan fingerprint density at radius 1 is 1.29 bits per heavy atom. The lowest BCUT2D eigenvalue weighted by Gasteiger charge is -2.31. The summed E-state index contributed by atoms with van der Waals surface area (Å²) in [5.41, 5.74) is 0.690. The van der Waals surface area contributed by atoms with Gasteiger partial charge in [0.2, 0.25) is 5.91 Å². The van der Waals surface area contributed by atoms with Gasteiger partial charge in [0, 0.05) is 19.0 Å². The van der Waals surface area contributed by atoms with Crippen molar-refractivity contribution in [3.63, 3.8) is 0 Å². The monoisotopic (exact) mass is 381 g/mol. The van der Waals surface area contributed by atoms with Gasteiger partial charge < -0.3 is 9.84 Å². The van der Waals surface area contributed by atoms with Crippen LogP contribution < -0.4 is 10.9 Å². The highest BCUT2D eigenvalue weighted by atomic mass is 16.5. The number of carbonyl (C=O) groups excluding carboxylic acids is 1. The molecule has 1 amide bonds. The van der Waals surface area contributed by atoms with Crippen LogP contribution in [0.3, 0.4) is 0 Å². The highest BCUT2D eigenvalue weighted by Crippen LogP contribution is 2.21. The molecule has 3 aromatic rings. The van der Waals surface area contributed by atoms with Gasteiger partial charge in [-0.05, 0) is 45.0 Å². The maximum absolute atomic E-state index is 12.5. The third-order valence-corrected chi connectivity index (χ3v) is 5.28. The van der Waals surface area contributed by atoms with E-state index in [2.05, 4.69) is 20.4 Å². The van der Waals surface area contributed by atoms with E-state index in [0.29, 0.717) is 23.5 Å². The fourth-order valence-corrected chi connectivity index (χ4v) is 3.61. The maximum atomic E-state index is 12.5. The molecule has 8 nitrogen and oxygen atoms in total. The third-order valence-electron chi connectivity index (χ3n) is 5.28. The van der Waals surface area contributed by atoms with Crippen LogP contribution in [-0.2, 0) is 18.4 Å². The van der Waals surface area contributed by atoms with Gasteiger partial charge in [-0.1, -0.05) is 17.3 Å². The number of benzene rings is 1. The molecule has 0 bridgehead atoms. The highest BCUT2D eigenvalue weighted by molar-refractivity contribution is 5.91. The van der Waals surface area contributed by atoms with Gasteiger partial charge in [-0.25, -0.2) is 4.98 Å². The quantitative estimate of drug-likeness (QED) is 0.744. The molecule has 4 rings (SSSR count). The zero-order chi connectivity index (χ0) is 19.7. The van der Waals surface area contributed by atoms with Gasteiger partial charge in [0.25, 0.3) is 5.56 Å². The Labute approximate surface area is 162 Å². The molecule has 1 fully saturated rings. The molecular formula is C20H23N5O3. The Kier molecular flexibility index (Phi) is 4.95. The lowest BCUT2D eigenvalue weighted by atomic mass is 9.96. The van der Waals surface area contributed by atoms with Crippen molar-refractivity contribution in [2.45, 2.75) is 26.3 Å². The van der Waals surface area contributed by atoms with Crippen molar-refractivity contribution in [1.82, 2.24) is 19.6 Å². The number of carbonyl (C=O) groups is 1. The van der Waals surface area contributed by atoms with Crippen molar-refractivity contribution >= 4 is 22.6 Å². The number of para-hydroxylation sites is 1. The van der Waals surface area contributed by atoms with Crippen LogP contribution >= 0.6 is 0 Å². The molecule has 0 aliphatic carbocycles. The lowest BCUT2D eigenvalue weighted by molar-refractivity contribution is -0.121. The summed E-state index contributed by atoms with van der Waals surface area (Å²) < 4.78 is 6.60. The van der Waals surface area contributed by atoms with Gasteiger partial charge in [-0.15, -0.1) is 0 Å². The number of hydrogen-bond donors (Lipinski definition) is 1. The average molecular weight is 381 g/mol. The van der Waals surface area contributed by atoms with E-state index >= 15 is 0 Å². The highest BCUT2D eigenvalue weighted by Gasteiger charge is 2.26. The van der Waals surface area contributed by atoms with Crippen LogP contribution in [0.5, 0.6) is 0 Å². The smallest absolute Gasteiger partial charge is 0.261 e. The number of amides is 1. The first-order chi connectivity index (χ1) is 13.5. The summed E-state index contributed by atoms with van der Waals surface area (Å²) in [4.78, 5) is 31.9. The van der Waals surface area contributed by atoms with Crippen LogP contribution in [0.25, 0.3) is 10.9 Å². The first kappa shape index (κ1) is 18.4. The summed E-state index contributed by atoms with van der Waals surface area (Å²) in [6.45, 7) is 3.93. The largest absolute Gasteiger partial charge is 0.360 e. The topological polar surface area (TPSA) is 93.3 Å². The molecule has 0 radical (unpaired) electrons. The number of aromatic nitrogens is 3. The number of nitrogens with one attached hydrogen (secondary N) is 1. The van der Waals surface area contributed by atoms with Crippen LogP contribution in [-0.4, -0.2) is 38.6 Å². The SMILES string of the molecule is Cc1cc(NC(=O)C2CCN(Cc3nc4ccccc4c(=O)n3C)CC2)no1. The zero-order valence-electron chi connectivity index (χ0n) is 16.0. The third kappa shape index (κ3) is 3.68. The van der Waals surface area contributed by atoms with Crippen molar-refractivity contribution in [2.24, 2.45) is 13.0 Å². The molecule has 0 spiro atoms. The van der Waals surface area contributed by atoms with Gasteiger partial charge >= 0.3 is 0 Å². The van der Waals surface area contributed by atoms with Crippen LogP contribution in [0.15, 0.2) is 39.6 Å². The van der Waals surface area contributed by atoms with E-state index in [1.807, 2.05) is 18.2 Å². The number of nitrogens with zero attached hydrogens (tertiary/aromatic N) is 4. The molecule has 8 heteroatoms. The van der Waals surface area contributed by atoms with E-state index in [0.717, 1.165) is 37.3 Å². The molecule has 1 aliphatic rings. The summed E-state index contributed by atoms with van der Waals surface area (Å²) in [6, 6.07) is 9.11. The van der Waals surface area contributed by atoms with E-state index in [1.54, 1.807) is 30.7 Å². The standard InChI is InChI=1S/C20H23N5O3/c1-13-11-17(23-28-13)22-19(26)14-7-9-25(10-8-14)12-18-21-16-6-4-3-5-15(16)20(27)24(18)2/h3-6,11,14H,7-10,12H2,1-2H3,(H,22,23,26). The fraction of sp³-hybridized carbons (Fsp3) is 0.400. The van der Waals surface area contributed by atoms with Gasteiger partial charge in [-0.2, -0.15) is 0 Å². The average Bonchev–Trinajstić information content (AvgIpc) is 3.11. The molecule has 2 aromatic heterocycles. The van der Waals surface area contributed by atoms with E-state index < -0.39 is 0 Å². The van der Waals surface area contributed by atoms with Crippen LogP contribution in [0.4, 0.5) is 5.82 Å². The minimum absolute atomic E-state index is 0.0239. The Balaban J connectivity index is 1.39. The predicted molar refractivity (Wildman–Crippen MR) is 105 cm³/mol. The van der Waals surface area contributed by atoms with E-state index in [4.69, 9.17) is 4.52 Å². The number of fused-ring (bicyclic) bond motifs is 1. The normalized spacial score (nSPS) is 15.8. The molecule has 0 atom stereocenters. The first-order valence-corrected chi connectivity index (χ1v) is 9.42. The number of hydrogen-bond acceptors (Lipinski definition) is 6. The minimum Gasteiger partial charge on any atom is -0.360 e. The molecule has 0 unspecified atom stereocenters. The molecule has 1 N–H and O–H groups in total. The van der Waals surface area contributed by atoms with Crippen LogP contribution in [0.1, 0.15) is 24.4 Å². The van der Waals surface area contributed by atoms with Gasteiger partial charge in [0.1, 0.15) is 11.6 Å². The van der Waals surface area contributed by atoms with Gasteiger partial charge in [0.15, 0.2) is 5.82 Å². The molecule has 3 heterocycles. The Morgan fingerprint density at radius 2 is 2.04 bits per heavy atom. The van der Waals surface area contributed by atoms with Crippen molar-refractivity contribution in [3.05, 3.63) is 52.3 Å². The zero-order valence-corrected chi connectivity index (χ0v) is 16.0. The maximum Gasteiger partial charge on any atom is 0.261 e. The fourth-order valence-electron chi connectivity index (χ4n) is 3.61. The Morgan fingerprint density at radius 3 is 2.75 bits per heavy atom. The number of aryl methyl sites for hydroxylation is 1. The second-order valence-electron chi connectivity index (χ2n) is 7.27. The Bertz CT molecular complexity index is 1060. The summed E-state index contributed by atoms with van der Waals surface area (Å²) in [7, 11) is 1.76. The van der Waals surface area contributed by atoms with Crippen LogP contribution in [0, 0.1) is 12.8 Å². The molecular weight excluding hydrogens is 358 g/mol. The lowest BCUT2D eigenvalue weighted by Crippen LogP contribution is -2.39. The molecule has 1 saturated heterocycles. The van der Waals surface area contributed by atoms with Gasteiger partial charge in [0.05, 0.1) is 17.4 Å².